The maximum atomic E-state index is 10.6. The third-order valence-electron chi connectivity index (χ3n) is 1.06. The molecule has 0 fully saturated rings. The molecule has 0 bridgehead atoms. The third kappa shape index (κ3) is 3.09. The molecule has 0 aromatic rings. The van der Waals surface area contributed by atoms with Crippen LogP contribution in [0.25, 0.3) is 0 Å². The zero-order valence-electron chi connectivity index (χ0n) is 5.41. The van der Waals surface area contributed by atoms with Crippen molar-refractivity contribution in [2.45, 2.75) is 21.7 Å². The Morgan fingerprint density at radius 2 is 1.43 bits per heavy atom. The van der Waals surface area contributed by atoms with Gasteiger partial charge in [0, 0.05) is 0 Å². The van der Waals surface area contributed by atoms with Crippen molar-refractivity contribution in [3.05, 3.63) is 0 Å². The predicted octanol–water partition coefficient (Wildman–Crippen LogP) is 1.45. The molecule has 0 spiro atoms. The van der Waals surface area contributed by atoms with Crippen molar-refractivity contribution in [2.24, 2.45) is 0 Å². The minimum atomic E-state index is -2.01. The summed E-state index contributed by atoms with van der Waals surface area (Å²) in [5.74, 6) is 0. The molecular weight excluding hydrogens is 195 g/mol. The second-order valence-electron chi connectivity index (χ2n) is 2.81. The average molecular weight is 207 g/mol. The Hall–Kier alpha value is 0.469. The standard InChI is InChI=1S/C2H3O.3CH3.Sn/c1-2-3;;;;/h1H3;3*1H3;. The van der Waals surface area contributed by atoms with Gasteiger partial charge in [0.2, 0.25) is 0 Å². The minimum absolute atomic E-state index is 0.453. The molecule has 0 amide bonds. The molecule has 0 atom stereocenters. The monoisotopic (exact) mass is 208 g/mol. The molecule has 42 valence electrons. The number of hydrogen-bond acceptors (Lipinski definition) is 1. The van der Waals surface area contributed by atoms with E-state index in [1.807, 2.05) is 0 Å². The number of hydrogen-bond donors (Lipinski definition) is 0. The summed E-state index contributed by atoms with van der Waals surface area (Å²) in [6, 6.07) is 0. The SMILES string of the molecule is C[C](=O)[Sn]([CH3])([CH3])[CH3]. The number of rotatable bonds is 1. The van der Waals surface area contributed by atoms with E-state index in [9.17, 15) is 4.79 Å². The Kier molecular flexibility index (Phi) is 2.30. The van der Waals surface area contributed by atoms with Crippen LogP contribution in [-0.4, -0.2) is 22.2 Å². The maximum absolute atomic E-state index is 10.6. The molecule has 0 rings (SSSR count). The van der Waals surface area contributed by atoms with Gasteiger partial charge in [0.15, 0.2) is 0 Å². The van der Waals surface area contributed by atoms with Gasteiger partial charge in [-0.3, -0.25) is 0 Å². The molecule has 0 N–H and O–H groups in total. The quantitative estimate of drug-likeness (QED) is 0.594. The van der Waals surface area contributed by atoms with Crippen molar-refractivity contribution < 1.29 is 4.79 Å². The van der Waals surface area contributed by atoms with Crippen LogP contribution < -0.4 is 0 Å². The molecule has 0 unspecified atom stereocenters. The van der Waals surface area contributed by atoms with E-state index in [1.54, 1.807) is 6.92 Å². The Morgan fingerprint density at radius 1 is 1.29 bits per heavy atom. The van der Waals surface area contributed by atoms with Crippen molar-refractivity contribution in [3.63, 3.8) is 0 Å². The fourth-order valence-electron chi connectivity index (χ4n) is 0. The summed E-state index contributed by atoms with van der Waals surface area (Å²) in [6.07, 6.45) is 0. The van der Waals surface area contributed by atoms with Crippen molar-refractivity contribution in [1.29, 1.82) is 0 Å². The molecule has 0 saturated carbocycles. The molecule has 2 heteroatoms. The van der Waals surface area contributed by atoms with Crippen LogP contribution in [-0.2, 0) is 4.79 Å². The summed E-state index contributed by atoms with van der Waals surface area (Å²) in [5.41, 5.74) is 0. The van der Waals surface area contributed by atoms with E-state index in [-0.39, 0.29) is 0 Å². The van der Waals surface area contributed by atoms with Gasteiger partial charge in [-0.1, -0.05) is 0 Å². The van der Waals surface area contributed by atoms with Gasteiger partial charge in [0.1, 0.15) is 0 Å². The number of carbonyl (C=O) groups excluding carboxylic acids is 1. The normalized spacial score (nSPS) is 11.4. The van der Waals surface area contributed by atoms with E-state index < -0.39 is 18.4 Å². The molecule has 0 heterocycles. The zero-order chi connectivity index (χ0) is 6.08. The molecule has 0 aliphatic rings. The first-order valence-corrected chi connectivity index (χ1v) is 12.4. The van der Waals surface area contributed by atoms with E-state index in [2.05, 4.69) is 14.8 Å². The second-order valence-corrected chi connectivity index (χ2v) is 17.7. The summed E-state index contributed by atoms with van der Waals surface area (Å²) >= 11 is -2.01. The van der Waals surface area contributed by atoms with Gasteiger partial charge >= 0.3 is 48.7 Å². The summed E-state index contributed by atoms with van der Waals surface area (Å²) in [7, 11) is 0. The topological polar surface area (TPSA) is 17.1 Å². The van der Waals surface area contributed by atoms with Crippen LogP contribution in [0.3, 0.4) is 0 Å². The molecule has 0 aliphatic heterocycles. The van der Waals surface area contributed by atoms with Gasteiger partial charge in [-0.25, -0.2) is 0 Å². The Bertz CT molecular complexity index is 80.6. The fraction of sp³-hybridized carbons (Fsp3) is 0.800. The van der Waals surface area contributed by atoms with Crippen molar-refractivity contribution in [3.8, 4) is 0 Å². The molecule has 0 radical (unpaired) electrons. The molecule has 0 aliphatic carbocycles. The summed E-state index contributed by atoms with van der Waals surface area (Å²) in [5, 5.41) is 0. The van der Waals surface area contributed by atoms with E-state index in [4.69, 9.17) is 0 Å². The van der Waals surface area contributed by atoms with Gasteiger partial charge in [0.25, 0.3) is 0 Å². The Morgan fingerprint density at radius 3 is 1.43 bits per heavy atom. The molecule has 0 aromatic carbocycles. The van der Waals surface area contributed by atoms with Crippen LogP contribution in [0.1, 0.15) is 6.92 Å². The first-order valence-electron chi connectivity index (χ1n) is 2.45. The molecule has 0 saturated heterocycles. The van der Waals surface area contributed by atoms with Crippen LogP contribution in [0, 0.1) is 0 Å². The Balaban J connectivity index is 3.79. The number of carbonyl (C=O) groups is 1. The first-order chi connectivity index (χ1) is 2.94. The predicted molar refractivity (Wildman–Crippen MR) is 34.0 cm³/mol. The van der Waals surface area contributed by atoms with Gasteiger partial charge in [-0.05, 0) is 0 Å². The van der Waals surface area contributed by atoms with E-state index in [1.165, 1.54) is 0 Å². The average Bonchev–Trinajstić information content (AvgIpc) is 1.31. The van der Waals surface area contributed by atoms with Gasteiger partial charge < -0.3 is 0 Å². The van der Waals surface area contributed by atoms with Crippen LogP contribution in [0.5, 0.6) is 0 Å². The molecular formula is C5H12OSn. The van der Waals surface area contributed by atoms with Gasteiger partial charge in [-0.15, -0.1) is 0 Å². The van der Waals surface area contributed by atoms with Gasteiger partial charge in [-0.2, -0.15) is 0 Å². The van der Waals surface area contributed by atoms with Crippen molar-refractivity contribution in [2.75, 3.05) is 0 Å². The zero-order valence-corrected chi connectivity index (χ0v) is 8.26. The van der Waals surface area contributed by atoms with E-state index in [0.29, 0.717) is 3.80 Å². The molecule has 0 aromatic heterocycles. The summed E-state index contributed by atoms with van der Waals surface area (Å²) in [4.78, 5) is 16.9. The van der Waals surface area contributed by atoms with Crippen LogP contribution >= 0.6 is 0 Å². The first kappa shape index (κ1) is 7.47. The van der Waals surface area contributed by atoms with Crippen LogP contribution in [0.2, 0.25) is 14.8 Å². The molecule has 7 heavy (non-hydrogen) atoms. The summed E-state index contributed by atoms with van der Waals surface area (Å²) < 4.78 is 0.453. The fourth-order valence-corrected chi connectivity index (χ4v) is 0. The third-order valence-corrected chi connectivity index (χ3v) is 7.09. The van der Waals surface area contributed by atoms with Crippen LogP contribution in [0.4, 0.5) is 0 Å². The van der Waals surface area contributed by atoms with Crippen molar-refractivity contribution in [1.82, 2.24) is 0 Å². The van der Waals surface area contributed by atoms with Crippen molar-refractivity contribution >= 4 is 22.2 Å². The van der Waals surface area contributed by atoms with E-state index >= 15 is 0 Å². The Labute approximate surface area is 49.0 Å². The van der Waals surface area contributed by atoms with E-state index in [0.717, 1.165) is 0 Å². The van der Waals surface area contributed by atoms with Gasteiger partial charge in [0.05, 0.1) is 0 Å². The second kappa shape index (κ2) is 2.16. The van der Waals surface area contributed by atoms with Crippen LogP contribution in [0.15, 0.2) is 0 Å². The summed E-state index contributed by atoms with van der Waals surface area (Å²) in [6.45, 7) is 1.70. The molecule has 1 nitrogen and oxygen atoms in total.